The number of amides is 4. The van der Waals surface area contributed by atoms with Gasteiger partial charge in [-0.1, -0.05) is 24.1 Å². The van der Waals surface area contributed by atoms with Gasteiger partial charge in [-0.15, -0.1) is 6.42 Å². The van der Waals surface area contributed by atoms with Crippen molar-refractivity contribution in [3.63, 3.8) is 0 Å². The number of benzene rings is 1. The molecule has 1 fully saturated rings. The Bertz CT molecular complexity index is 1780. The van der Waals surface area contributed by atoms with Crippen molar-refractivity contribution in [1.82, 2.24) is 29.1 Å². The molecule has 3 aliphatic heterocycles. The van der Waals surface area contributed by atoms with E-state index in [4.69, 9.17) is 6.42 Å². The van der Waals surface area contributed by atoms with Crippen LogP contribution in [0.4, 0.5) is 4.79 Å². The van der Waals surface area contributed by atoms with E-state index >= 15 is 0 Å². The largest absolute Gasteiger partial charge is 0.325 e. The molecule has 0 bridgehead atoms. The summed E-state index contributed by atoms with van der Waals surface area (Å²) in [5.74, 6) is 1.86. The summed E-state index contributed by atoms with van der Waals surface area (Å²) < 4.78 is 3.79. The molecule has 0 spiro atoms. The number of aromatic nitrogens is 3. The fourth-order valence-corrected chi connectivity index (χ4v) is 6.15. The number of nitrogens with zero attached hydrogens (tertiary/aromatic N) is 5. The van der Waals surface area contributed by atoms with Crippen molar-refractivity contribution >= 4 is 45.5 Å². The highest BCUT2D eigenvalue weighted by atomic mass is 16.2. The fourth-order valence-electron chi connectivity index (χ4n) is 6.15. The molecule has 39 heavy (non-hydrogen) atoms. The van der Waals surface area contributed by atoms with Crippen LogP contribution in [0, 0.1) is 12.3 Å². The van der Waals surface area contributed by atoms with Crippen molar-refractivity contribution in [2.24, 2.45) is 0 Å². The van der Waals surface area contributed by atoms with Crippen LogP contribution in [0.1, 0.15) is 41.8 Å². The van der Waals surface area contributed by atoms with Gasteiger partial charge in [0.2, 0.25) is 0 Å². The summed E-state index contributed by atoms with van der Waals surface area (Å²) in [6.45, 7) is 2.46. The third kappa shape index (κ3) is 3.56. The normalized spacial score (nSPS) is 17.6. The van der Waals surface area contributed by atoms with E-state index in [2.05, 4.69) is 16.2 Å². The number of hydrogen-bond donors (Lipinski definition) is 1. The number of urea groups is 1. The van der Waals surface area contributed by atoms with Gasteiger partial charge >= 0.3 is 6.03 Å². The minimum atomic E-state index is -0.461. The Labute approximate surface area is 224 Å². The standard InChI is InChI=1S/C30H26N6O3/c1-2-20-16-22-21(25-26(29(38)32-28(25)37)23-17-31-24-8-4-7-14-35(23)24)10-9-19-11-15-34(18-36(20)27(19)22)30(39)33-12-5-3-6-13-33/h1,4,7-10,14,16-17H,3,5-6,11-13,15,18H2,(H,32,37,38). The number of carbonyl (C=O) groups is 3. The molecule has 0 radical (unpaired) electrons. The number of piperidine rings is 1. The molecule has 0 atom stereocenters. The van der Waals surface area contributed by atoms with E-state index in [-0.39, 0.29) is 11.6 Å². The lowest BCUT2D eigenvalue weighted by Crippen LogP contribution is -2.46. The SMILES string of the molecule is C#Cc1cc2c(C3=C(c4cnc5ccccn45)C(=O)NC3=O)ccc3c2n1CN(C(=O)N1CCCCC1)CC3. The molecule has 3 aromatic heterocycles. The van der Waals surface area contributed by atoms with Gasteiger partial charge in [-0.2, -0.15) is 0 Å². The van der Waals surface area contributed by atoms with Gasteiger partial charge in [0.1, 0.15) is 12.3 Å². The molecule has 1 aromatic carbocycles. The summed E-state index contributed by atoms with van der Waals surface area (Å²) in [5.41, 5.74) is 4.99. The quantitative estimate of drug-likeness (QED) is 0.326. The summed E-state index contributed by atoms with van der Waals surface area (Å²) in [6, 6.07) is 11.4. The van der Waals surface area contributed by atoms with Gasteiger partial charge in [-0.05, 0) is 55.0 Å². The highest BCUT2D eigenvalue weighted by Crippen LogP contribution is 2.38. The number of likely N-dealkylation sites (tertiary alicyclic amines) is 1. The Morgan fingerprint density at radius 1 is 0.974 bits per heavy atom. The van der Waals surface area contributed by atoms with E-state index in [0.29, 0.717) is 47.8 Å². The molecular weight excluding hydrogens is 492 g/mol. The topological polar surface area (TPSA) is 92.0 Å². The van der Waals surface area contributed by atoms with Gasteiger partial charge in [0, 0.05) is 31.2 Å². The van der Waals surface area contributed by atoms with Crippen LogP contribution in [0.3, 0.4) is 0 Å². The molecule has 0 aliphatic carbocycles. The van der Waals surface area contributed by atoms with Crippen LogP contribution in [-0.4, -0.2) is 61.2 Å². The van der Waals surface area contributed by atoms with Crippen molar-refractivity contribution < 1.29 is 14.4 Å². The molecule has 7 rings (SSSR count). The van der Waals surface area contributed by atoms with Gasteiger partial charge < -0.3 is 14.4 Å². The van der Waals surface area contributed by atoms with E-state index in [1.54, 1.807) is 10.6 Å². The maximum Gasteiger partial charge on any atom is 0.321 e. The zero-order valence-corrected chi connectivity index (χ0v) is 21.3. The monoisotopic (exact) mass is 518 g/mol. The number of pyridine rings is 1. The van der Waals surface area contributed by atoms with Crippen LogP contribution >= 0.6 is 0 Å². The molecule has 194 valence electrons. The number of imide groups is 1. The van der Waals surface area contributed by atoms with Crippen LogP contribution in [0.2, 0.25) is 0 Å². The molecule has 0 unspecified atom stereocenters. The molecule has 1 N–H and O–H groups in total. The lowest BCUT2D eigenvalue weighted by molar-refractivity contribution is -0.122. The average molecular weight is 519 g/mol. The molecule has 1 saturated heterocycles. The second-order valence-corrected chi connectivity index (χ2v) is 10.2. The molecule has 4 aromatic rings. The minimum absolute atomic E-state index is 0.0333. The molecule has 9 nitrogen and oxygen atoms in total. The predicted octanol–water partition coefficient (Wildman–Crippen LogP) is 3.26. The van der Waals surface area contributed by atoms with Crippen molar-refractivity contribution in [1.29, 1.82) is 0 Å². The third-order valence-corrected chi connectivity index (χ3v) is 8.02. The average Bonchev–Trinajstić information content (AvgIpc) is 3.59. The molecule has 3 aliphatic rings. The fraction of sp³-hybridized carbons (Fsp3) is 0.267. The van der Waals surface area contributed by atoms with Gasteiger partial charge in [-0.25, -0.2) is 9.78 Å². The second kappa shape index (κ2) is 8.88. The van der Waals surface area contributed by atoms with Gasteiger partial charge in [0.05, 0.1) is 34.2 Å². The van der Waals surface area contributed by atoms with E-state index in [0.717, 1.165) is 48.8 Å². The second-order valence-electron chi connectivity index (χ2n) is 10.2. The van der Waals surface area contributed by atoms with Crippen molar-refractivity contribution in [3.8, 4) is 12.3 Å². The molecule has 0 saturated carbocycles. The van der Waals surface area contributed by atoms with Crippen LogP contribution < -0.4 is 5.32 Å². The van der Waals surface area contributed by atoms with E-state index < -0.39 is 11.8 Å². The summed E-state index contributed by atoms with van der Waals surface area (Å²) in [4.78, 5) is 48.0. The lowest BCUT2D eigenvalue weighted by Gasteiger charge is -2.32. The first-order chi connectivity index (χ1) is 19.0. The molecule has 4 amide bonds. The van der Waals surface area contributed by atoms with Gasteiger partial charge in [0.15, 0.2) is 0 Å². The first-order valence-electron chi connectivity index (χ1n) is 13.2. The number of nitrogens with one attached hydrogen (secondary N) is 1. The summed E-state index contributed by atoms with van der Waals surface area (Å²) in [7, 11) is 0. The molecule has 9 heteroatoms. The molecule has 6 heterocycles. The Morgan fingerprint density at radius 3 is 2.62 bits per heavy atom. The number of rotatable bonds is 2. The zero-order valence-electron chi connectivity index (χ0n) is 21.3. The maximum absolute atomic E-state index is 13.4. The van der Waals surface area contributed by atoms with Gasteiger partial charge in [-0.3, -0.25) is 19.3 Å². The zero-order chi connectivity index (χ0) is 26.7. The number of hydrogen-bond acceptors (Lipinski definition) is 4. The Morgan fingerprint density at radius 2 is 1.79 bits per heavy atom. The van der Waals surface area contributed by atoms with Crippen molar-refractivity contribution in [2.45, 2.75) is 32.4 Å². The molecular formula is C30H26N6O3. The van der Waals surface area contributed by atoms with Gasteiger partial charge in [0.25, 0.3) is 11.8 Å². The minimum Gasteiger partial charge on any atom is -0.325 e. The van der Waals surface area contributed by atoms with Crippen LogP contribution in [0.15, 0.2) is 48.8 Å². The lowest BCUT2D eigenvalue weighted by atomic mass is 9.94. The van der Waals surface area contributed by atoms with E-state index in [1.807, 2.05) is 57.0 Å². The van der Waals surface area contributed by atoms with Crippen LogP contribution in [-0.2, 0) is 22.7 Å². The number of fused-ring (bicyclic) bond motifs is 1. The Kier molecular flexibility index (Phi) is 5.30. The number of imidazole rings is 1. The van der Waals surface area contributed by atoms with E-state index in [9.17, 15) is 14.4 Å². The predicted molar refractivity (Wildman–Crippen MR) is 146 cm³/mol. The summed E-state index contributed by atoms with van der Waals surface area (Å²) in [6.07, 6.45) is 13.3. The highest BCUT2D eigenvalue weighted by Gasteiger charge is 2.36. The summed E-state index contributed by atoms with van der Waals surface area (Å²) >= 11 is 0. The smallest absolute Gasteiger partial charge is 0.321 e. The summed E-state index contributed by atoms with van der Waals surface area (Å²) in [5, 5.41) is 3.27. The van der Waals surface area contributed by atoms with Crippen molar-refractivity contribution in [3.05, 3.63) is 71.3 Å². The number of carbonyl (C=O) groups excluding carboxylic acids is 3. The first kappa shape index (κ1) is 23.3. The number of terminal acetylenes is 1. The Balaban J connectivity index is 1.39. The van der Waals surface area contributed by atoms with Crippen LogP contribution in [0.25, 0.3) is 27.7 Å². The Hall–Kier alpha value is -4.84. The first-order valence-corrected chi connectivity index (χ1v) is 13.2. The third-order valence-electron chi connectivity index (χ3n) is 8.02. The maximum atomic E-state index is 13.4. The van der Waals surface area contributed by atoms with Crippen molar-refractivity contribution in [2.75, 3.05) is 19.6 Å². The van der Waals surface area contributed by atoms with Crippen LogP contribution in [0.5, 0.6) is 0 Å². The van der Waals surface area contributed by atoms with E-state index in [1.165, 1.54) is 0 Å². The highest BCUT2D eigenvalue weighted by molar-refractivity contribution is 6.49.